The van der Waals surface area contributed by atoms with Gasteiger partial charge in [-0.25, -0.2) is 4.79 Å². The van der Waals surface area contributed by atoms with Gasteiger partial charge in [-0.1, -0.05) is 12.1 Å². The Morgan fingerprint density at radius 2 is 2.14 bits per heavy atom. The van der Waals surface area contributed by atoms with Crippen LogP contribution in [0.2, 0.25) is 0 Å². The lowest BCUT2D eigenvalue weighted by Gasteiger charge is -2.18. The summed E-state index contributed by atoms with van der Waals surface area (Å²) in [4.78, 5) is 10.4. The molecule has 0 saturated heterocycles. The third-order valence-electron chi connectivity index (χ3n) is 2.69. The molecule has 1 aromatic rings. The molecule has 0 radical (unpaired) electrons. The molecular formula is C12H18N2O6S. The Balaban J connectivity index is 2.68. The molecule has 0 aliphatic heterocycles. The highest BCUT2D eigenvalue weighted by Crippen LogP contribution is 2.14. The number of hydrogen-bond donors (Lipinski definition) is 3. The topological polar surface area (TPSA) is 116 Å². The lowest BCUT2D eigenvalue weighted by molar-refractivity contribution is -0.146. The molecule has 0 aliphatic carbocycles. The van der Waals surface area contributed by atoms with E-state index in [2.05, 4.69) is 0 Å². The summed E-state index contributed by atoms with van der Waals surface area (Å²) in [7, 11) is -1.04. The van der Waals surface area contributed by atoms with Crippen LogP contribution in [0.5, 0.6) is 5.75 Å². The molecule has 0 aromatic heterocycles. The Bertz CT molecular complexity index is 589. The summed E-state index contributed by atoms with van der Waals surface area (Å²) in [5, 5.41) is 17.6. The van der Waals surface area contributed by atoms with Gasteiger partial charge in [-0.05, 0) is 17.7 Å². The number of hydrogen-bond acceptors (Lipinski definition) is 5. The number of nitrogens with one attached hydrogen (secondary N) is 1. The highest BCUT2D eigenvalue weighted by molar-refractivity contribution is 7.87. The minimum absolute atomic E-state index is 0.0791. The van der Waals surface area contributed by atoms with E-state index in [9.17, 15) is 13.2 Å². The molecule has 0 aliphatic rings. The van der Waals surface area contributed by atoms with Crippen LogP contribution >= 0.6 is 0 Å². The van der Waals surface area contributed by atoms with Gasteiger partial charge in [0.25, 0.3) is 10.2 Å². The van der Waals surface area contributed by atoms with Crippen LogP contribution in [0.15, 0.2) is 24.3 Å². The van der Waals surface area contributed by atoms with E-state index in [0.717, 1.165) is 4.31 Å². The van der Waals surface area contributed by atoms with Gasteiger partial charge in [-0.3, -0.25) is 0 Å². The predicted molar refractivity (Wildman–Crippen MR) is 75.0 cm³/mol. The third kappa shape index (κ3) is 5.31. The maximum atomic E-state index is 11.9. The van der Waals surface area contributed by atoms with Crippen molar-refractivity contribution in [2.75, 3.05) is 20.7 Å². The highest BCUT2D eigenvalue weighted by Gasteiger charge is 2.21. The lowest BCUT2D eigenvalue weighted by atomic mass is 10.2. The Kier molecular flexibility index (Phi) is 6.09. The van der Waals surface area contributed by atoms with Crippen LogP contribution in [-0.2, 0) is 21.5 Å². The number of carboxylic acid groups (broad SMARTS) is 1. The molecule has 118 valence electrons. The minimum Gasteiger partial charge on any atom is -0.497 e. The fourth-order valence-electron chi connectivity index (χ4n) is 1.49. The molecule has 0 bridgehead atoms. The molecule has 0 fully saturated rings. The average molecular weight is 318 g/mol. The van der Waals surface area contributed by atoms with Gasteiger partial charge in [-0.2, -0.15) is 17.4 Å². The van der Waals surface area contributed by atoms with Crippen molar-refractivity contribution in [2.24, 2.45) is 0 Å². The summed E-state index contributed by atoms with van der Waals surface area (Å²) in [6, 6.07) is 6.90. The quantitative estimate of drug-likeness (QED) is 0.590. The number of nitrogens with zero attached hydrogens (tertiary/aromatic N) is 1. The number of methoxy groups -OCH3 is 1. The number of rotatable bonds is 8. The van der Waals surface area contributed by atoms with Gasteiger partial charge < -0.3 is 14.9 Å². The van der Waals surface area contributed by atoms with Crippen LogP contribution in [0.25, 0.3) is 0 Å². The molecular weight excluding hydrogens is 300 g/mol. The second-order valence-corrected chi connectivity index (χ2v) is 6.18. The standard InChI is InChI=1S/C12H18N2O6S/c1-14(8-9-4-3-5-10(6-9)20-2)21(18,19)13-7-11(15)12(16)17/h3-6,11,13,15H,7-8H2,1-2H3,(H,16,17). The van der Waals surface area contributed by atoms with Gasteiger partial charge in [0.05, 0.1) is 7.11 Å². The van der Waals surface area contributed by atoms with Crippen molar-refractivity contribution < 1.29 is 28.2 Å². The number of aliphatic carboxylic acids is 1. The zero-order chi connectivity index (χ0) is 16.0. The first-order valence-corrected chi connectivity index (χ1v) is 7.45. The van der Waals surface area contributed by atoms with Crippen LogP contribution in [0.3, 0.4) is 0 Å². The van der Waals surface area contributed by atoms with E-state index in [4.69, 9.17) is 14.9 Å². The van der Waals surface area contributed by atoms with Crippen LogP contribution in [-0.4, -0.2) is 55.7 Å². The number of carboxylic acids is 1. The first-order chi connectivity index (χ1) is 9.76. The van der Waals surface area contributed by atoms with Crippen molar-refractivity contribution in [3.8, 4) is 5.75 Å². The molecule has 1 rings (SSSR count). The van der Waals surface area contributed by atoms with E-state index < -0.39 is 28.8 Å². The van der Waals surface area contributed by atoms with E-state index in [1.807, 2.05) is 4.72 Å². The molecule has 3 N–H and O–H groups in total. The second-order valence-electron chi connectivity index (χ2n) is 4.32. The lowest BCUT2D eigenvalue weighted by Crippen LogP contribution is -2.43. The van der Waals surface area contributed by atoms with Crippen molar-refractivity contribution >= 4 is 16.2 Å². The molecule has 1 aromatic carbocycles. The smallest absolute Gasteiger partial charge is 0.333 e. The van der Waals surface area contributed by atoms with Crippen molar-refractivity contribution in [3.63, 3.8) is 0 Å². The second kappa shape index (κ2) is 7.36. The largest absolute Gasteiger partial charge is 0.497 e. The van der Waals surface area contributed by atoms with Gasteiger partial charge in [0.2, 0.25) is 0 Å². The number of aliphatic hydroxyl groups is 1. The van der Waals surface area contributed by atoms with E-state index >= 15 is 0 Å². The fraction of sp³-hybridized carbons (Fsp3) is 0.417. The molecule has 8 nitrogen and oxygen atoms in total. The van der Waals surface area contributed by atoms with Gasteiger partial charge in [0.15, 0.2) is 6.10 Å². The van der Waals surface area contributed by atoms with Gasteiger partial charge in [0.1, 0.15) is 5.75 Å². The third-order valence-corrected chi connectivity index (χ3v) is 4.18. The summed E-state index contributed by atoms with van der Waals surface area (Å²) in [5.41, 5.74) is 0.709. The predicted octanol–water partition coefficient (Wildman–Crippen LogP) is -0.593. The molecule has 0 heterocycles. The van der Waals surface area contributed by atoms with Crippen molar-refractivity contribution in [3.05, 3.63) is 29.8 Å². The normalized spacial score (nSPS) is 13.1. The SMILES string of the molecule is COc1cccc(CN(C)S(=O)(=O)NCC(O)C(=O)O)c1. The molecule has 21 heavy (non-hydrogen) atoms. The van der Waals surface area contributed by atoms with Gasteiger partial charge in [0, 0.05) is 20.1 Å². The number of aliphatic hydroxyl groups excluding tert-OH is 1. The molecule has 0 saturated carbocycles. The Morgan fingerprint density at radius 3 is 2.71 bits per heavy atom. The minimum atomic E-state index is -3.89. The number of benzene rings is 1. The van der Waals surface area contributed by atoms with Crippen molar-refractivity contribution in [1.82, 2.24) is 9.03 Å². The summed E-state index contributed by atoms with van der Waals surface area (Å²) in [5.74, 6) is -0.888. The van der Waals surface area contributed by atoms with Gasteiger partial charge >= 0.3 is 5.97 Å². The first-order valence-electron chi connectivity index (χ1n) is 6.01. The molecule has 0 amide bonds. The Morgan fingerprint density at radius 1 is 1.48 bits per heavy atom. The maximum absolute atomic E-state index is 11.9. The molecule has 9 heteroatoms. The highest BCUT2D eigenvalue weighted by atomic mass is 32.2. The molecule has 1 unspecified atom stereocenters. The van der Waals surface area contributed by atoms with E-state index in [1.54, 1.807) is 24.3 Å². The van der Waals surface area contributed by atoms with Crippen molar-refractivity contribution in [2.45, 2.75) is 12.6 Å². The maximum Gasteiger partial charge on any atom is 0.333 e. The van der Waals surface area contributed by atoms with Crippen LogP contribution in [0.4, 0.5) is 0 Å². The van der Waals surface area contributed by atoms with Crippen molar-refractivity contribution in [1.29, 1.82) is 0 Å². The number of ether oxygens (including phenoxy) is 1. The molecule has 0 spiro atoms. The van der Waals surface area contributed by atoms with E-state index in [1.165, 1.54) is 14.2 Å². The zero-order valence-corrected chi connectivity index (χ0v) is 12.5. The van der Waals surface area contributed by atoms with E-state index in [-0.39, 0.29) is 6.54 Å². The fourth-order valence-corrected chi connectivity index (χ4v) is 2.40. The Labute approximate surface area is 123 Å². The summed E-state index contributed by atoms with van der Waals surface area (Å²) in [6.07, 6.45) is -1.79. The van der Waals surface area contributed by atoms with Crippen LogP contribution < -0.4 is 9.46 Å². The van der Waals surface area contributed by atoms with E-state index in [0.29, 0.717) is 11.3 Å². The van der Waals surface area contributed by atoms with Crippen LogP contribution in [0, 0.1) is 0 Å². The Hall–Kier alpha value is -1.68. The first kappa shape index (κ1) is 17.4. The monoisotopic (exact) mass is 318 g/mol. The summed E-state index contributed by atoms with van der Waals surface area (Å²) < 4.78 is 31.9. The van der Waals surface area contributed by atoms with Gasteiger partial charge in [-0.15, -0.1) is 0 Å². The van der Waals surface area contributed by atoms with Crippen LogP contribution in [0.1, 0.15) is 5.56 Å². The average Bonchev–Trinajstić information content (AvgIpc) is 2.44. The molecule has 1 atom stereocenters. The number of carbonyl (C=O) groups is 1. The summed E-state index contributed by atoms with van der Waals surface area (Å²) in [6.45, 7) is -0.518. The summed E-state index contributed by atoms with van der Waals surface area (Å²) >= 11 is 0. The zero-order valence-electron chi connectivity index (χ0n) is 11.7.